The predicted octanol–water partition coefficient (Wildman–Crippen LogP) is 10.7. The number of carbonyl (C=O) groups excluding carboxylic acids is 1. The van der Waals surface area contributed by atoms with E-state index in [1.165, 1.54) is 134 Å². The molecule has 0 aromatic rings. The highest BCUT2D eigenvalue weighted by atomic mass is 16.5. The molecule has 4 nitrogen and oxygen atoms in total. The number of hydrogen-bond donors (Lipinski definition) is 1. The van der Waals surface area contributed by atoms with Crippen LogP contribution in [0.15, 0.2) is 24.8 Å². The maximum absolute atomic E-state index is 11.6. The van der Waals surface area contributed by atoms with E-state index in [0.717, 1.165) is 19.3 Å². The number of hydrogen-bond acceptors (Lipinski definition) is 3. The molecule has 0 spiro atoms. The predicted molar refractivity (Wildman–Crippen MR) is 163 cm³/mol. The third kappa shape index (κ3) is 27.5. The second-order valence-electron chi connectivity index (χ2n) is 11.1. The lowest BCUT2D eigenvalue weighted by atomic mass is 9.97. The number of carboxylic acids is 1. The molecular formula is C34H62O4. The van der Waals surface area contributed by atoms with Crippen molar-refractivity contribution in [2.75, 3.05) is 6.61 Å². The van der Waals surface area contributed by atoms with Crippen molar-refractivity contribution in [2.45, 2.75) is 167 Å². The van der Waals surface area contributed by atoms with Gasteiger partial charge >= 0.3 is 11.9 Å². The molecular weight excluding hydrogens is 472 g/mol. The summed E-state index contributed by atoms with van der Waals surface area (Å²) < 4.78 is 4.91. The zero-order chi connectivity index (χ0) is 27.9. The van der Waals surface area contributed by atoms with E-state index in [2.05, 4.69) is 25.7 Å². The van der Waals surface area contributed by atoms with Crippen molar-refractivity contribution in [1.29, 1.82) is 0 Å². The average Bonchev–Trinajstić information content (AvgIpc) is 2.91. The molecule has 0 aliphatic rings. The van der Waals surface area contributed by atoms with Crippen LogP contribution in [-0.4, -0.2) is 23.7 Å². The van der Waals surface area contributed by atoms with Crippen LogP contribution in [0.3, 0.4) is 0 Å². The number of esters is 1. The molecule has 0 aliphatic heterocycles. The monoisotopic (exact) mass is 534 g/mol. The minimum absolute atomic E-state index is 0.0420. The van der Waals surface area contributed by atoms with Crippen LogP contribution in [0.5, 0.6) is 0 Å². The van der Waals surface area contributed by atoms with Gasteiger partial charge in [0.2, 0.25) is 0 Å². The summed E-state index contributed by atoms with van der Waals surface area (Å²) in [4.78, 5) is 23.0. The number of aliphatic carboxylic acids is 1. The van der Waals surface area contributed by atoms with E-state index in [1.807, 2.05) is 0 Å². The molecule has 1 unspecified atom stereocenters. The zero-order valence-corrected chi connectivity index (χ0v) is 25.1. The number of allylic oxidation sites excluding steroid dienone is 2. The largest absolute Gasteiger partial charge is 0.481 e. The van der Waals surface area contributed by atoms with Gasteiger partial charge in [0.15, 0.2) is 0 Å². The molecule has 1 atom stereocenters. The van der Waals surface area contributed by atoms with Crippen molar-refractivity contribution < 1.29 is 19.4 Å². The summed E-state index contributed by atoms with van der Waals surface area (Å²) in [5.41, 5.74) is 0. The molecule has 0 radical (unpaired) electrons. The summed E-state index contributed by atoms with van der Waals surface area (Å²) in [7, 11) is 0. The Kier molecular flexibility index (Phi) is 28.7. The second kappa shape index (κ2) is 30.0. The van der Waals surface area contributed by atoms with Crippen molar-refractivity contribution in [3.8, 4) is 0 Å². The van der Waals surface area contributed by atoms with Crippen LogP contribution < -0.4 is 0 Å². The Morgan fingerprint density at radius 2 is 1.05 bits per heavy atom. The molecule has 0 fully saturated rings. The number of rotatable bonds is 30. The number of ether oxygens (including phenoxy) is 1. The summed E-state index contributed by atoms with van der Waals surface area (Å²) in [5, 5.41) is 9.30. The fraction of sp³-hybridized carbons (Fsp3) is 0.824. The van der Waals surface area contributed by atoms with Gasteiger partial charge in [-0.25, -0.2) is 0 Å². The molecule has 0 amide bonds. The zero-order valence-electron chi connectivity index (χ0n) is 25.1. The Morgan fingerprint density at radius 1 is 0.658 bits per heavy atom. The summed E-state index contributed by atoms with van der Waals surface area (Å²) in [6.07, 6.45) is 37.1. The molecule has 4 heteroatoms. The van der Waals surface area contributed by atoms with Gasteiger partial charge in [0.25, 0.3) is 0 Å². The first-order valence-electron chi connectivity index (χ1n) is 16.3. The highest BCUT2D eigenvalue weighted by Gasteiger charge is 2.21. The summed E-state index contributed by atoms with van der Waals surface area (Å²) in [6, 6.07) is 0. The molecule has 0 saturated heterocycles. The number of unbranched alkanes of at least 4 members (excludes halogenated alkanes) is 21. The van der Waals surface area contributed by atoms with E-state index in [1.54, 1.807) is 0 Å². The normalized spacial score (nSPS) is 12.1. The summed E-state index contributed by atoms with van der Waals surface area (Å²) in [6.45, 7) is 5.91. The smallest absolute Gasteiger partial charge is 0.307 e. The van der Waals surface area contributed by atoms with Gasteiger partial charge in [-0.2, -0.15) is 0 Å². The molecule has 0 bridgehead atoms. The molecule has 222 valence electrons. The van der Waals surface area contributed by atoms with E-state index < -0.39 is 17.9 Å². The van der Waals surface area contributed by atoms with Crippen molar-refractivity contribution in [3.63, 3.8) is 0 Å². The molecule has 0 aromatic carbocycles. The maximum Gasteiger partial charge on any atom is 0.307 e. The number of carboxylic acid groups (broad SMARTS) is 1. The summed E-state index contributed by atoms with van der Waals surface area (Å²) in [5.74, 6) is -1.98. The Morgan fingerprint density at radius 3 is 1.45 bits per heavy atom. The Bertz CT molecular complexity index is 569. The molecule has 0 heterocycles. The van der Waals surface area contributed by atoms with Crippen molar-refractivity contribution >= 4 is 11.9 Å². The van der Waals surface area contributed by atoms with Crippen LogP contribution >= 0.6 is 0 Å². The van der Waals surface area contributed by atoms with Crippen LogP contribution in [0.1, 0.15) is 167 Å². The van der Waals surface area contributed by atoms with Gasteiger partial charge in [0.1, 0.15) is 6.61 Å². The van der Waals surface area contributed by atoms with Crippen LogP contribution in [0, 0.1) is 5.92 Å². The van der Waals surface area contributed by atoms with E-state index >= 15 is 0 Å². The lowest BCUT2D eigenvalue weighted by Crippen LogP contribution is -2.19. The SMILES string of the molecule is C=CCOC(=O)CC(CCCCCCCCCCCCCCC/C=C/CCCCCCCCCC)C(=O)O. The van der Waals surface area contributed by atoms with Gasteiger partial charge in [-0.3, -0.25) is 9.59 Å². The first-order valence-corrected chi connectivity index (χ1v) is 16.3. The summed E-state index contributed by atoms with van der Waals surface area (Å²) >= 11 is 0. The Labute approximate surface area is 236 Å². The highest BCUT2D eigenvalue weighted by Crippen LogP contribution is 2.18. The van der Waals surface area contributed by atoms with Gasteiger partial charge in [-0.15, -0.1) is 0 Å². The quantitative estimate of drug-likeness (QED) is 0.0565. The van der Waals surface area contributed by atoms with Crippen molar-refractivity contribution in [1.82, 2.24) is 0 Å². The molecule has 38 heavy (non-hydrogen) atoms. The van der Waals surface area contributed by atoms with Crippen LogP contribution in [0.4, 0.5) is 0 Å². The molecule has 0 aliphatic carbocycles. The van der Waals surface area contributed by atoms with E-state index in [0.29, 0.717) is 6.42 Å². The third-order valence-electron chi connectivity index (χ3n) is 7.44. The second-order valence-corrected chi connectivity index (χ2v) is 11.1. The fourth-order valence-corrected chi connectivity index (χ4v) is 4.95. The van der Waals surface area contributed by atoms with Crippen molar-refractivity contribution in [2.24, 2.45) is 5.92 Å². The minimum atomic E-state index is -0.901. The first kappa shape index (κ1) is 36.4. The van der Waals surface area contributed by atoms with Gasteiger partial charge in [0.05, 0.1) is 12.3 Å². The Balaban J connectivity index is 3.34. The van der Waals surface area contributed by atoms with Gasteiger partial charge < -0.3 is 9.84 Å². The Hall–Kier alpha value is -1.58. The maximum atomic E-state index is 11.6. The van der Waals surface area contributed by atoms with Crippen LogP contribution in [0.25, 0.3) is 0 Å². The highest BCUT2D eigenvalue weighted by molar-refractivity contribution is 5.78. The van der Waals surface area contributed by atoms with Gasteiger partial charge in [-0.05, 0) is 32.1 Å². The van der Waals surface area contributed by atoms with Crippen molar-refractivity contribution in [3.05, 3.63) is 24.8 Å². The van der Waals surface area contributed by atoms with E-state index in [4.69, 9.17) is 4.74 Å². The van der Waals surface area contributed by atoms with E-state index in [-0.39, 0.29) is 13.0 Å². The van der Waals surface area contributed by atoms with Crippen LogP contribution in [0.2, 0.25) is 0 Å². The topological polar surface area (TPSA) is 63.6 Å². The molecule has 0 saturated carbocycles. The lowest BCUT2D eigenvalue weighted by Gasteiger charge is -2.11. The van der Waals surface area contributed by atoms with Gasteiger partial charge in [0, 0.05) is 0 Å². The molecule has 1 N–H and O–H groups in total. The molecule has 0 rings (SSSR count). The molecule has 0 aromatic heterocycles. The van der Waals surface area contributed by atoms with E-state index in [9.17, 15) is 14.7 Å². The first-order chi connectivity index (χ1) is 18.6. The third-order valence-corrected chi connectivity index (χ3v) is 7.44. The standard InChI is InChI=1S/C34H62O4/c1-3-5-6-7-8-9-10-11-12-13-14-15-16-17-18-19-20-21-22-23-24-25-26-27-28-29-32(34(36)37)31-33(35)38-30-4-2/h4,13-14,32H,2-3,5-12,15-31H2,1H3,(H,36,37)/b14-13+. The number of carbonyl (C=O) groups is 2. The fourth-order valence-electron chi connectivity index (χ4n) is 4.95. The minimum Gasteiger partial charge on any atom is -0.481 e. The van der Waals surface area contributed by atoms with Gasteiger partial charge in [-0.1, -0.05) is 154 Å². The average molecular weight is 535 g/mol. The lowest BCUT2D eigenvalue weighted by molar-refractivity contribution is -0.151. The van der Waals surface area contributed by atoms with Crippen LogP contribution in [-0.2, 0) is 14.3 Å².